The van der Waals surface area contributed by atoms with Crippen LogP contribution in [0.25, 0.3) is 0 Å². The molecule has 0 aliphatic carbocycles. The average molecular weight is 218 g/mol. The summed E-state index contributed by atoms with van der Waals surface area (Å²) in [7, 11) is 0. The van der Waals surface area contributed by atoms with Crippen molar-refractivity contribution in [2.24, 2.45) is 0 Å². The van der Waals surface area contributed by atoms with Crippen molar-refractivity contribution in [2.45, 2.75) is 19.9 Å². The van der Waals surface area contributed by atoms with Crippen LogP contribution in [0.5, 0.6) is 0 Å². The Morgan fingerprint density at radius 1 is 1.40 bits per heavy atom. The van der Waals surface area contributed by atoms with Gasteiger partial charge in [0.25, 0.3) is 0 Å². The van der Waals surface area contributed by atoms with E-state index in [9.17, 15) is 0 Å². The Labute approximate surface area is 94.0 Å². The van der Waals surface area contributed by atoms with E-state index in [0.717, 1.165) is 5.69 Å². The number of nitrogens with one attached hydrogen (secondary N) is 1. The molecule has 78 valence electrons. The number of aromatic nitrogens is 1. The Hall–Kier alpha value is -1.35. The fourth-order valence-corrected chi connectivity index (χ4v) is 2.19. The number of rotatable bonds is 3. The third-order valence-corrected chi connectivity index (χ3v) is 3.44. The molecule has 1 unspecified atom stereocenters. The van der Waals surface area contributed by atoms with Crippen molar-refractivity contribution in [2.75, 3.05) is 5.32 Å². The fraction of sp³-hybridized carbons (Fsp3) is 0.250. The van der Waals surface area contributed by atoms with Crippen LogP contribution in [0.3, 0.4) is 0 Å². The lowest BCUT2D eigenvalue weighted by molar-refractivity contribution is 0.903. The van der Waals surface area contributed by atoms with Gasteiger partial charge in [0.15, 0.2) is 0 Å². The molecular weight excluding hydrogens is 204 g/mol. The van der Waals surface area contributed by atoms with Gasteiger partial charge in [0.1, 0.15) is 0 Å². The van der Waals surface area contributed by atoms with E-state index in [-0.39, 0.29) is 0 Å². The van der Waals surface area contributed by atoms with E-state index in [4.69, 9.17) is 0 Å². The quantitative estimate of drug-likeness (QED) is 0.851. The van der Waals surface area contributed by atoms with Crippen molar-refractivity contribution in [1.29, 1.82) is 0 Å². The molecule has 3 heteroatoms. The van der Waals surface area contributed by atoms with Crippen LogP contribution >= 0.6 is 11.3 Å². The predicted octanol–water partition coefficient (Wildman–Crippen LogP) is 3.62. The minimum Gasteiger partial charge on any atom is -0.376 e. The highest BCUT2D eigenvalue weighted by Crippen LogP contribution is 2.23. The van der Waals surface area contributed by atoms with E-state index in [2.05, 4.69) is 41.7 Å². The Morgan fingerprint density at radius 3 is 2.93 bits per heavy atom. The number of thiophene rings is 1. The molecule has 0 aromatic carbocycles. The number of aryl methyl sites for hydroxylation is 1. The van der Waals surface area contributed by atoms with E-state index in [1.54, 1.807) is 11.3 Å². The van der Waals surface area contributed by atoms with Crippen molar-refractivity contribution in [3.63, 3.8) is 0 Å². The molecule has 0 radical (unpaired) electrons. The van der Waals surface area contributed by atoms with Crippen LogP contribution in [0.1, 0.15) is 23.4 Å². The first-order chi connectivity index (χ1) is 7.27. The average Bonchev–Trinajstić information content (AvgIpc) is 2.74. The smallest absolute Gasteiger partial charge is 0.0579 e. The van der Waals surface area contributed by atoms with Gasteiger partial charge in [-0.05, 0) is 36.9 Å². The Balaban J connectivity index is 2.13. The lowest BCUT2D eigenvalue weighted by atomic mass is 10.2. The van der Waals surface area contributed by atoms with Gasteiger partial charge < -0.3 is 5.32 Å². The summed E-state index contributed by atoms with van der Waals surface area (Å²) >= 11 is 1.77. The van der Waals surface area contributed by atoms with Gasteiger partial charge in [-0.2, -0.15) is 0 Å². The summed E-state index contributed by atoms with van der Waals surface area (Å²) < 4.78 is 0. The summed E-state index contributed by atoms with van der Waals surface area (Å²) in [6, 6.07) is 6.58. The topological polar surface area (TPSA) is 24.9 Å². The first-order valence-corrected chi connectivity index (χ1v) is 5.86. The summed E-state index contributed by atoms with van der Waals surface area (Å²) in [5, 5.41) is 5.56. The lowest BCUT2D eigenvalue weighted by Gasteiger charge is -2.14. The molecule has 2 nitrogen and oxygen atoms in total. The van der Waals surface area contributed by atoms with Gasteiger partial charge in [0, 0.05) is 11.1 Å². The summed E-state index contributed by atoms with van der Waals surface area (Å²) in [6.45, 7) is 4.25. The van der Waals surface area contributed by atoms with Gasteiger partial charge in [0.05, 0.1) is 17.9 Å². The molecule has 0 saturated carbocycles. The van der Waals surface area contributed by atoms with E-state index in [1.807, 2.05) is 18.5 Å². The monoisotopic (exact) mass is 218 g/mol. The molecule has 15 heavy (non-hydrogen) atoms. The summed E-state index contributed by atoms with van der Waals surface area (Å²) in [5.74, 6) is 0. The maximum Gasteiger partial charge on any atom is 0.0579 e. The molecule has 0 saturated heterocycles. The predicted molar refractivity (Wildman–Crippen MR) is 65.3 cm³/mol. The van der Waals surface area contributed by atoms with Crippen LogP contribution in [-0.4, -0.2) is 4.98 Å². The normalized spacial score (nSPS) is 12.4. The number of nitrogens with zero attached hydrogens (tertiary/aromatic N) is 1. The van der Waals surface area contributed by atoms with Crippen LogP contribution in [0.15, 0.2) is 36.0 Å². The lowest BCUT2D eigenvalue weighted by Crippen LogP contribution is -2.06. The zero-order valence-electron chi connectivity index (χ0n) is 8.90. The van der Waals surface area contributed by atoms with Crippen LogP contribution < -0.4 is 5.32 Å². The molecule has 0 aliphatic rings. The highest BCUT2D eigenvalue weighted by atomic mass is 32.1. The molecule has 0 amide bonds. The second kappa shape index (κ2) is 4.45. The van der Waals surface area contributed by atoms with Gasteiger partial charge >= 0.3 is 0 Å². The molecule has 2 aromatic rings. The van der Waals surface area contributed by atoms with Gasteiger partial charge in [-0.15, -0.1) is 11.3 Å². The molecule has 0 aliphatic heterocycles. The number of hydrogen-bond acceptors (Lipinski definition) is 3. The third kappa shape index (κ3) is 2.36. The summed E-state index contributed by atoms with van der Waals surface area (Å²) in [5.41, 5.74) is 2.34. The van der Waals surface area contributed by atoms with E-state index in [0.29, 0.717) is 6.04 Å². The highest BCUT2D eigenvalue weighted by Gasteiger charge is 2.06. The van der Waals surface area contributed by atoms with Crippen LogP contribution in [0.4, 0.5) is 5.69 Å². The van der Waals surface area contributed by atoms with Gasteiger partial charge in [-0.1, -0.05) is 6.07 Å². The molecule has 2 aromatic heterocycles. The minimum absolute atomic E-state index is 0.341. The molecule has 2 heterocycles. The van der Waals surface area contributed by atoms with Gasteiger partial charge in [0.2, 0.25) is 0 Å². The van der Waals surface area contributed by atoms with E-state index in [1.165, 1.54) is 10.4 Å². The van der Waals surface area contributed by atoms with Crippen molar-refractivity contribution in [1.82, 2.24) is 4.98 Å². The summed E-state index contributed by atoms with van der Waals surface area (Å²) in [6.07, 6.45) is 3.69. The number of hydrogen-bond donors (Lipinski definition) is 1. The van der Waals surface area contributed by atoms with E-state index < -0.39 is 0 Å². The van der Waals surface area contributed by atoms with Crippen LogP contribution in [0, 0.1) is 6.92 Å². The zero-order chi connectivity index (χ0) is 10.7. The standard InChI is InChI=1S/C12H14N2S/c1-9-5-6-13-8-11(9)14-10(2)12-4-3-7-15-12/h3-8,10,14H,1-2H3. The third-order valence-electron chi connectivity index (χ3n) is 2.38. The maximum absolute atomic E-state index is 4.12. The number of anilines is 1. The zero-order valence-corrected chi connectivity index (χ0v) is 9.71. The fourth-order valence-electron chi connectivity index (χ4n) is 1.46. The molecule has 0 fully saturated rings. The van der Waals surface area contributed by atoms with Gasteiger partial charge in [-0.25, -0.2) is 0 Å². The first-order valence-electron chi connectivity index (χ1n) is 4.98. The molecular formula is C12H14N2S. The van der Waals surface area contributed by atoms with Crippen molar-refractivity contribution in [3.8, 4) is 0 Å². The first kappa shape index (κ1) is 10.2. The van der Waals surface area contributed by atoms with Crippen molar-refractivity contribution >= 4 is 17.0 Å². The highest BCUT2D eigenvalue weighted by molar-refractivity contribution is 7.10. The van der Waals surface area contributed by atoms with Crippen molar-refractivity contribution < 1.29 is 0 Å². The summed E-state index contributed by atoms with van der Waals surface area (Å²) in [4.78, 5) is 5.47. The molecule has 0 spiro atoms. The van der Waals surface area contributed by atoms with Crippen LogP contribution in [0.2, 0.25) is 0 Å². The second-order valence-electron chi connectivity index (χ2n) is 3.57. The van der Waals surface area contributed by atoms with Gasteiger partial charge in [-0.3, -0.25) is 4.98 Å². The largest absolute Gasteiger partial charge is 0.376 e. The Morgan fingerprint density at radius 2 is 2.27 bits per heavy atom. The Bertz CT molecular complexity index is 423. The molecule has 2 rings (SSSR count). The minimum atomic E-state index is 0.341. The molecule has 0 bridgehead atoms. The number of pyridine rings is 1. The molecule has 1 N–H and O–H groups in total. The van der Waals surface area contributed by atoms with Crippen molar-refractivity contribution in [3.05, 3.63) is 46.4 Å². The second-order valence-corrected chi connectivity index (χ2v) is 4.55. The SMILES string of the molecule is Cc1ccncc1NC(C)c1cccs1. The van der Waals surface area contributed by atoms with Crippen LogP contribution in [-0.2, 0) is 0 Å². The molecule has 1 atom stereocenters. The Kier molecular flexibility index (Phi) is 3.02. The maximum atomic E-state index is 4.12. The van der Waals surface area contributed by atoms with E-state index >= 15 is 0 Å².